The summed E-state index contributed by atoms with van der Waals surface area (Å²) in [7, 11) is 3.55. The Morgan fingerprint density at radius 1 is 1.17 bits per heavy atom. The van der Waals surface area contributed by atoms with Crippen molar-refractivity contribution in [2.75, 3.05) is 56.6 Å². The second-order valence-corrected chi connectivity index (χ2v) is 5.72. The van der Waals surface area contributed by atoms with Crippen molar-refractivity contribution in [3.63, 3.8) is 0 Å². The fraction of sp³-hybridized carbons (Fsp3) is 0.571. The van der Waals surface area contributed by atoms with E-state index in [2.05, 4.69) is 29.9 Å². The third-order valence-corrected chi connectivity index (χ3v) is 3.90. The zero-order valence-corrected chi connectivity index (χ0v) is 13.4. The van der Waals surface area contributed by atoms with Crippen LogP contribution in [0.15, 0.2) is 18.9 Å². The van der Waals surface area contributed by atoms with Gasteiger partial charge in [-0.1, -0.05) is 0 Å². The molecule has 1 aliphatic rings. The van der Waals surface area contributed by atoms with E-state index in [1.165, 1.54) is 6.20 Å². The van der Waals surface area contributed by atoms with Crippen LogP contribution in [0.4, 0.5) is 16.2 Å². The lowest BCUT2D eigenvalue weighted by molar-refractivity contribution is 0.243. The maximum Gasteiger partial charge on any atom is 0.227 e. The van der Waals surface area contributed by atoms with Crippen molar-refractivity contribution in [1.82, 2.24) is 29.6 Å². The molecule has 0 atom stereocenters. The molecule has 2 aromatic heterocycles. The summed E-state index contributed by atoms with van der Waals surface area (Å²) in [6, 6.07) is 0. The third-order valence-electron chi connectivity index (χ3n) is 3.90. The summed E-state index contributed by atoms with van der Waals surface area (Å²) in [4.78, 5) is 18.5. The highest BCUT2D eigenvalue weighted by Crippen LogP contribution is 2.18. The monoisotopic (exact) mass is 320 g/mol. The molecule has 0 unspecified atom stereocenters. The summed E-state index contributed by atoms with van der Waals surface area (Å²) < 4.78 is 15.5. The van der Waals surface area contributed by atoms with Crippen molar-refractivity contribution in [2.45, 2.75) is 6.54 Å². The molecular formula is C14H21FN8. The lowest BCUT2D eigenvalue weighted by Gasteiger charge is -2.34. The lowest BCUT2D eigenvalue weighted by atomic mass is 10.3. The van der Waals surface area contributed by atoms with Gasteiger partial charge >= 0.3 is 0 Å². The minimum Gasteiger partial charge on any atom is -0.360 e. The largest absolute Gasteiger partial charge is 0.360 e. The van der Waals surface area contributed by atoms with Gasteiger partial charge in [-0.2, -0.15) is 10.1 Å². The Kier molecular flexibility index (Phi) is 4.65. The molecular weight excluding hydrogens is 299 g/mol. The summed E-state index contributed by atoms with van der Waals surface area (Å²) in [5.41, 5.74) is 0. The van der Waals surface area contributed by atoms with E-state index in [0.717, 1.165) is 39.3 Å². The molecule has 0 amide bonds. The minimum absolute atomic E-state index is 0.323. The van der Waals surface area contributed by atoms with E-state index >= 15 is 0 Å². The lowest BCUT2D eigenvalue weighted by Crippen LogP contribution is -2.47. The number of rotatable bonds is 5. The van der Waals surface area contributed by atoms with Crippen LogP contribution in [0.2, 0.25) is 0 Å². The summed E-state index contributed by atoms with van der Waals surface area (Å²) in [6.45, 7) is 5.27. The van der Waals surface area contributed by atoms with Gasteiger partial charge in [0.15, 0.2) is 11.6 Å². The molecule has 2 aromatic rings. The van der Waals surface area contributed by atoms with Gasteiger partial charge < -0.3 is 9.80 Å². The Bertz CT molecular complexity index is 622. The summed E-state index contributed by atoms with van der Waals surface area (Å²) in [5, 5.41) is 4.11. The van der Waals surface area contributed by atoms with Crippen molar-refractivity contribution in [1.29, 1.82) is 0 Å². The average Bonchev–Trinajstić information content (AvgIpc) is 3.07. The fourth-order valence-electron chi connectivity index (χ4n) is 2.58. The molecule has 124 valence electrons. The predicted octanol–water partition coefficient (Wildman–Crippen LogP) is 0.0954. The highest BCUT2D eigenvalue weighted by Gasteiger charge is 2.20. The standard InChI is InChI=1S/C14H21FN8/c1-20(2)13-12(15)9-17-14(19-13)22-6-3-21(4-7-22)5-8-23-11-16-10-18-23/h9-11H,3-8H2,1-2H3. The smallest absolute Gasteiger partial charge is 0.227 e. The zero-order chi connectivity index (χ0) is 16.2. The van der Waals surface area contributed by atoms with Gasteiger partial charge in [-0.15, -0.1) is 0 Å². The molecule has 8 nitrogen and oxygen atoms in total. The van der Waals surface area contributed by atoms with Crippen molar-refractivity contribution < 1.29 is 4.39 Å². The molecule has 0 saturated carbocycles. The highest BCUT2D eigenvalue weighted by atomic mass is 19.1. The van der Waals surface area contributed by atoms with Crippen LogP contribution >= 0.6 is 0 Å². The molecule has 0 bridgehead atoms. The van der Waals surface area contributed by atoms with E-state index in [1.54, 1.807) is 31.6 Å². The van der Waals surface area contributed by atoms with Crippen LogP contribution < -0.4 is 9.80 Å². The Hall–Kier alpha value is -2.29. The van der Waals surface area contributed by atoms with E-state index in [-0.39, 0.29) is 0 Å². The zero-order valence-electron chi connectivity index (χ0n) is 13.4. The number of aromatic nitrogens is 5. The summed E-state index contributed by atoms with van der Waals surface area (Å²) >= 11 is 0. The molecule has 9 heteroatoms. The minimum atomic E-state index is -0.398. The predicted molar refractivity (Wildman–Crippen MR) is 85.0 cm³/mol. The number of nitrogens with zero attached hydrogens (tertiary/aromatic N) is 8. The molecule has 0 radical (unpaired) electrons. The van der Waals surface area contributed by atoms with E-state index in [4.69, 9.17) is 0 Å². The van der Waals surface area contributed by atoms with Crippen LogP contribution in [0.5, 0.6) is 0 Å². The van der Waals surface area contributed by atoms with Gasteiger partial charge in [0.25, 0.3) is 0 Å². The normalized spacial score (nSPS) is 15.9. The van der Waals surface area contributed by atoms with E-state index < -0.39 is 5.82 Å². The van der Waals surface area contributed by atoms with E-state index in [1.807, 2.05) is 4.68 Å². The molecule has 0 aliphatic carbocycles. The third kappa shape index (κ3) is 3.73. The fourth-order valence-corrected chi connectivity index (χ4v) is 2.58. The van der Waals surface area contributed by atoms with Gasteiger partial charge in [0.2, 0.25) is 5.95 Å². The van der Waals surface area contributed by atoms with Gasteiger partial charge in [0, 0.05) is 46.8 Å². The van der Waals surface area contributed by atoms with Crippen LogP contribution in [0.3, 0.4) is 0 Å². The van der Waals surface area contributed by atoms with Gasteiger partial charge in [-0.25, -0.2) is 14.4 Å². The van der Waals surface area contributed by atoms with Gasteiger partial charge in [-0.05, 0) is 0 Å². The second kappa shape index (κ2) is 6.86. The Labute approximate surface area is 134 Å². The Morgan fingerprint density at radius 2 is 1.96 bits per heavy atom. The van der Waals surface area contributed by atoms with Crippen LogP contribution in [0.25, 0.3) is 0 Å². The first-order valence-electron chi connectivity index (χ1n) is 7.63. The van der Waals surface area contributed by atoms with E-state index in [0.29, 0.717) is 11.8 Å². The van der Waals surface area contributed by atoms with Crippen molar-refractivity contribution in [2.24, 2.45) is 0 Å². The first-order chi connectivity index (χ1) is 11.1. The van der Waals surface area contributed by atoms with E-state index in [9.17, 15) is 4.39 Å². The van der Waals surface area contributed by atoms with Crippen LogP contribution in [0.1, 0.15) is 0 Å². The number of hydrogen-bond donors (Lipinski definition) is 0. The van der Waals surface area contributed by atoms with Crippen molar-refractivity contribution in [3.05, 3.63) is 24.7 Å². The SMILES string of the molecule is CN(C)c1nc(N2CCN(CCn3cncn3)CC2)ncc1F. The molecule has 0 aromatic carbocycles. The quantitative estimate of drug-likeness (QED) is 0.774. The first-order valence-corrected chi connectivity index (χ1v) is 7.63. The number of hydrogen-bond acceptors (Lipinski definition) is 7. The number of anilines is 2. The van der Waals surface area contributed by atoms with Crippen LogP contribution in [-0.2, 0) is 6.54 Å². The molecule has 1 aliphatic heterocycles. The summed E-state index contributed by atoms with van der Waals surface area (Å²) in [6.07, 6.45) is 4.52. The Morgan fingerprint density at radius 3 is 2.61 bits per heavy atom. The van der Waals surface area contributed by atoms with Gasteiger partial charge in [0.1, 0.15) is 12.7 Å². The highest BCUT2D eigenvalue weighted by molar-refractivity contribution is 5.44. The van der Waals surface area contributed by atoms with Gasteiger partial charge in [-0.3, -0.25) is 9.58 Å². The molecule has 0 spiro atoms. The molecule has 1 fully saturated rings. The first kappa shape index (κ1) is 15.6. The van der Waals surface area contributed by atoms with Gasteiger partial charge in [0.05, 0.1) is 12.7 Å². The topological polar surface area (TPSA) is 66.2 Å². The maximum atomic E-state index is 13.7. The van der Waals surface area contributed by atoms with Crippen molar-refractivity contribution >= 4 is 11.8 Å². The second-order valence-electron chi connectivity index (χ2n) is 5.72. The molecule has 0 N–H and O–H groups in total. The molecule has 3 rings (SSSR count). The molecule has 23 heavy (non-hydrogen) atoms. The average molecular weight is 320 g/mol. The van der Waals surface area contributed by atoms with Crippen LogP contribution in [0, 0.1) is 5.82 Å². The number of halogens is 1. The Balaban J connectivity index is 1.55. The molecule has 3 heterocycles. The maximum absolute atomic E-state index is 13.7. The number of piperazine rings is 1. The van der Waals surface area contributed by atoms with Crippen LogP contribution in [-0.4, -0.2) is 76.5 Å². The van der Waals surface area contributed by atoms with Crippen molar-refractivity contribution in [3.8, 4) is 0 Å². The molecule has 1 saturated heterocycles. The summed E-state index contributed by atoms with van der Waals surface area (Å²) in [5.74, 6) is 0.514.